The molecule has 0 aliphatic carbocycles. The minimum Gasteiger partial charge on any atom is -0.463 e. The first kappa shape index (κ1) is 21.0. The predicted molar refractivity (Wildman–Crippen MR) is 98.8 cm³/mol. The molecule has 0 spiro atoms. The Balaban J connectivity index is 1.99. The highest BCUT2D eigenvalue weighted by Crippen LogP contribution is 2.35. The number of fused-ring (bicyclic) bond motifs is 1. The summed E-state index contributed by atoms with van der Waals surface area (Å²) in [5, 5.41) is 5.80. The van der Waals surface area contributed by atoms with Gasteiger partial charge in [0.2, 0.25) is 0 Å². The summed E-state index contributed by atoms with van der Waals surface area (Å²) in [5.41, 5.74) is 0.432. The number of ether oxygens (including phenoxy) is 4. The second kappa shape index (κ2) is 8.74. The molecule has 2 aromatic heterocycles. The summed E-state index contributed by atoms with van der Waals surface area (Å²) in [6.07, 6.45) is 1.18. The number of carbonyl (C=O) groups is 3. The lowest BCUT2D eigenvalue weighted by molar-refractivity contribution is -0.166. The molecule has 0 radical (unpaired) electrons. The maximum absolute atomic E-state index is 11.7. The number of thioether (sulfide) groups is 1. The summed E-state index contributed by atoms with van der Waals surface area (Å²) in [7, 11) is 0. The highest BCUT2D eigenvalue weighted by atomic mass is 32.2. The molecule has 3 heterocycles. The number of esters is 3. The van der Waals surface area contributed by atoms with Crippen molar-refractivity contribution in [2.75, 3.05) is 12.9 Å². The second-order valence-electron chi connectivity index (χ2n) is 6.25. The van der Waals surface area contributed by atoms with Gasteiger partial charge in [-0.1, -0.05) is 0 Å². The molecule has 0 bridgehead atoms. The molecule has 1 fully saturated rings. The zero-order chi connectivity index (χ0) is 21.1. The molecule has 4 atom stereocenters. The number of carbonyl (C=O) groups excluding carboxylic acids is 3. The third kappa shape index (κ3) is 4.65. The second-order valence-corrected chi connectivity index (χ2v) is 7.04. The van der Waals surface area contributed by atoms with E-state index in [2.05, 4.69) is 15.1 Å². The average molecular weight is 424 g/mol. The zero-order valence-corrected chi connectivity index (χ0v) is 17.0. The van der Waals surface area contributed by atoms with Crippen LogP contribution in [0.1, 0.15) is 27.0 Å². The van der Waals surface area contributed by atoms with E-state index in [1.807, 2.05) is 6.26 Å². The Morgan fingerprint density at radius 1 is 1.10 bits per heavy atom. The molecule has 3 rings (SSSR count). The lowest BCUT2D eigenvalue weighted by atomic mass is 10.1. The Morgan fingerprint density at radius 2 is 1.79 bits per heavy atom. The quantitative estimate of drug-likeness (QED) is 0.283. The van der Waals surface area contributed by atoms with Gasteiger partial charge in [0.15, 0.2) is 24.1 Å². The van der Waals surface area contributed by atoms with Gasteiger partial charge in [-0.2, -0.15) is 0 Å². The molecule has 1 aliphatic heterocycles. The molecule has 29 heavy (non-hydrogen) atoms. The van der Waals surface area contributed by atoms with Crippen molar-refractivity contribution in [3.05, 3.63) is 12.5 Å². The minimum absolute atomic E-state index is 0.182. The van der Waals surface area contributed by atoms with Crippen LogP contribution in [0.2, 0.25) is 0 Å². The molecule has 0 amide bonds. The number of rotatable bonds is 6. The first-order valence-electron chi connectivity index (χ1n) is 8.67. The Hall–Kier alpha value is -2.73. The van der Waals surface area contributed by atoms with Gasteiger partial charge in [0.1, 0.15) is 24.1 Å². The van der Waals surface area contributed by atoms with E-state index < -0.39 is 42.4 Å². The SMILES string of the molecule is CSc1ncnc2nn(C3OC(COC(C)=O)C(OC(C)=O)C3OC(C)=O)cc12. The topological polar surface area (TPSA) is 132 Å². The summed E-state index contributed by atoms with van der Waals surface area (Å²) < 4.78 is 23.1. The lowest BCUT2D eigenvalue weighted by Gasteiger charge is -2.23. The van der Waals surface area contributed by atoms with Crippen LogP contribution in [0.25, 0.3) is 11.0 Å². The molecule has 0 saturated carbocycles. The third-order valence-corrected chi connectivity index (χ3v) is 4.80. The molecular formula is C17H20N4O7S. The van der Waals surface area contributed by atoms with Gasteiger partial charge < -0.3 is 18.9 Å². The van der Waals surface area contributed by atoms with E-state index in [0.717, 1.165) is 5.03 Å². The van der Waals surface area contributed by atoms with Gasteiger partial charge in [-0.3, -0.25) is 14.4 Å². The maximum atomic E-state index is 11.7. The highest BCUT2D eigenvalue weighted by molar-refractivity contribution is 7.98. The van der Waals surface area contributed by atoms with E-state index in [9.17, 15) is 14.4 Å². The number of hydrogen-bond acceptors (Lipinski definition) is 11. The standard InChI is InChI=1S/C17H20N4O7S/c1-8(22)25-6-12-13(26-9(2)23)14(27-10(3)24)17(28-12)21-5-11-15(20-21)18-7-19-16(11)29-4/h5,7,12-14,17H,6H2,1-4H3. The van der Waals surface area contributed by atoms with E-state index in [-0.39, 0.29) is 6.61 Å². The number of nitrogens with zero attached hydrogens (tertiary/aromatic N) is 4. The summed E-state index contributed by atoms with van der Waals surface area (Å²) in [5.74, 6) is -1.70. The van der Waals surface area contributed by atoms with Gasteiger partial charge >= 0.3 is 17.9 Å². The lowest BCUT2D eigenvalue weighted by Crippen LogP contribution is -2.40. The molecule has 0 aromatic carbocycles. The van der Waals surface area contributed by atoms with Gasteiger partial charge in [0.25, 0.3) is 0 Å². The fourth-order valence-electron chi connectivity index (χ4n) is 3.03. The van der Waals surface area contributed by atoms with Gasteiger partial charge in [-0.15, -0.1) is 16.9 Å². The predicted octanol–water partition coefficient (Wildman–Crippen LogP) is 0.872. The van der Waals surface area contributed by atoms with Crippen LogP contribution < -0.4 is 0 Å². The fourth-order valence-corrected chi connectivity index (χ4v) is 3.55. The normalized spacial score (nSPS) is 23.7. The van der Waals surface area contributed by atoms with Crippen LogP contribution in [-0.2, 0) is 33.3 Å². The summed E-state index contributed by atoms with van der Waals surface area (Å²) in [6, 6.07) is 0. The fraction of sp³-hybridized carbons (Fsp3) is 0.529. The van der Waals surface area contributed by atoms with Crippen LogP contribution in [0.5, 0.6) is 0 Å². The van der Waals surface area contributed by atoms with E-state index in [1.54, 1.807) is 6.20 Å². The van der Waals surface area contributed by atoms with Gasteiger partial charge in [0, 0.05) is 27.0 Å². The van der Waals surface area contributed by atoms with Gasteiger partial charge in [-0.25, -0.2) is 14.6 Å². The molecule has 0 N–H and O–H groups in total. The Morgan fingerprint density at radius 3 is 2.41 bits per heavy atom. The molecule has 1 aliphatic rings. The van der Waals surface area contributed by atoms with Gasteiger partial charge in [-0.05, 0) is 6.26 Å². The van der Waals surface area contributed by atoms with E-state index in [4.69, 9.17) is 18.9 Å². The minimum atomic E-state index is -1.00. The van der Waals surface area contributed by atoms with Crippen LogP contribution in [-0.4, -0.2) is 68.8 Å². The van der Waals surface area contributed by atoms with Crippen molar-refractivity contribution in [1.29, 1.82) is 0 Å². The van der Waals surface area contributed by atoms with E-state index in [1.165, 1.54) is 43.5 Å². The van der Waals surface area contributed by atoms with Crippen LogP contribution in [0, 0.1) is 0 Å². The van der Waals surface area contributed by atoms with Crippen LogP contribution in [0.4, 0.5) is 0 Å². The number of hydrogen-bond donors (Lipinski definition) is 0. The monoisotopic (exact) mass is 424 g/mol. The average Bonchev–Trinajstić information content (AvgIpc) is 3.21. The Bertz CT molecular complexity index is 934. The van der Waals surface area contributed by atoms with Crippen molar-refractivity contribution in [1.82, 2.24) is 19.7 Å². The maximum Gasteiger partial charge on any atom is 0.303 e. The molecule has 11 nitrogen and oxygen atoms in total. The summed E-state index contributed by atoms with van der Waals surface area (Å²) in [4.78, 5) is 42.9. The first-order chi connectivity index (χ1) is 13.8. The van der Waals surface area contributed by atoms with Crippen LogP contribution >= 0.6 is 11.8 Å². The van der Waals surface area contributed by atoms with Crippen LogP contribution in [0.15, 0.2) is 17.6 Å². The molecule has 4 unspecified atom stereocenters. The van der Waals surface area contributed by atoms with Crippen molar-refractivity contribution in [3.8, 4) is 0 Å². The smallest absolute Gasteiger partial charge is 0.303 e. The van der Waals surface area contributed by atoms with Crippen molar-refractivity contribution >= 4 is 40.7 Å². The van der Waals surface area contributed by atoms with Crippen LogP contribution in [0.3, 0.4) is 0 Å². The van der Waals surface area contributed by atoms with Crippen molar-refractivity contribution in [2.24, 2.45) is 0 Å². The molecule has 12 heteroatoms. The van der Waals surface area contributed by atoms with E-state index in [0.29, 0.717) is 11.0 Å². The summed E-state index contributed by atoms with van der Waals surface area (Å²) >= 11 is 1.43. The van der Waals surface area contributed by atoms with Crippen molar-refractivity contribution in [2.45, 2.75) is 50.3 Å². The summed E-state index contributed by atoms with van der Waals surface area (Å²) in [6.45, 7) is 3.53. The number of aromatic nitrogens is 4. The molecule has 1 saturated heterocycles. The third-order valence-electron chi connectivity index (χ3n) is 4.09. The molecule has 2 aromatic rings. The molecular weight excluding hydrogens is 404 g/mol. The Kier molecular flexibility index (Phi) is 6.33. The first-order valence-corrected chi connectivity index (χ1v) is 9.89. The van der Waals surface area contributed by atoms with Gasteiger partial charge in [0.05, 0.1) is 5.39 Å². The largest absolute Gasteiger partial charge is 0.463 e. The molecule has 156 valence electrons. The van der Waals surface area contributed by atoms with Crippen molar-refractivity contribution < 1.29 is 33.3 Å². The highest BCUT2D eigenvalue weighted by Gasteiger charge is 2.51. The van der Waals surface area contributed by atoms with Crippen molar-refractivity contribution in [3.63, 3.8) is 0 Å². The Labute approximate surface area is 170 Å². The zero-order valence-electron chi connectivity index (χ0n) is 16.2. The van der Waals surface area contributed by atoms with E-state index >= 15 is 0 Å².